The highest BCUT2D eigenvalue weighted by Gasteiger charge is 2.51. The van der Waals surface area contributed by atoms with E-state index in [0.29, 0.717) is 11.3 Å². The molecule has 5 aliphatic carbocycles. The zero-order valence-electron chi connectivity index (χ0n) is 18.1. The summed E-state index contributed by atoms with van der Waals surface area (Å²) in [5, 5.41) is 2.77. The quantitative estimate of drug-likeness (QED) is 0.481. The first-order valence-electron chi connectivity index (χ1n) is 12.0. The Hall–Kier alpha value is -1.89. The molecule has 0 atom stereocenters. The van der Waals surface area contributed by atoms with Crippen LogP contribution in [0.2, 0.25) is 0 Å². The maximum Gasteiger partial charge on any atom is 0.279 e. The molecule has 4 fully saturated rings. The molecule has 0 unspecified atom stereocenters. The first-order valence-corrected chi connectivity index (χ1v) is 12.8. The van der Waals surface area contributed by atoms with Crippen molar-refractivity contribution in [3.8, 4) is 0 Å². The molecule has 0 saturated heterocycles. The van der Waals surface area contributed by atoms with Gasteiger partial charge in [0.1, 0.15) is 0 Å². The van der Waals surface area contributed by atoms with Crippen molar-refractivity contribution < 1.29 is 14.4 Å². The molecule has 7 heteroatoms. The molecule has 3 N–H and O–H groups in total. The SMILES string of the molecule is O=C(CC12CC3CC(CC(C3)C1)C2)NCC(=O)NNC(=O)c1cc2c(s1)CCCCC2. The summed E-state index contributed by atoms with van der Waals surface area (Å²) in [6.07, 6.45) is 13.8. The van der Waals surface area contributed by atoms with E-state index in [1.807, 2.05) is 6.07 Å². The summed E-state index contributed by atoms with van der Waals surface area (Å²) < 4.78 is 0. The van der Waals surface area contributed by atoms with Crippen LogP contribution in [0.1, 0.15) is 84.3 Å². The van der Waals surface area contributed by atoms with Crippen molar-refractivity contribution in [2.24, 2.45) is 23.2 Å². The second kappa shape index (κ2) is 8.57. The molecule has 4 bridgehead atoms. The smallest absolute Gasteiger partial charge is 0.279 e. The van der Waals surface area contributed by atoms with E-state index in [9.17, 15) is 14.4 Å². The topological polar surface area (TPSA) is 87.3 Å². The molecule has 1 aromatic heterocycles. The number of hydrazine groups is 1. The van der Waals surface area contributed by atoms with Gasteiger partial charge >= 0.3 is 0 Å². The number of aryl methyl sites for hydroxylation is 2. The van der Waals surface area contributed by atoms with Gasteiger partial charge in [-0.3, -0.25) is 25.2 Å². The molecule has 31 heavy (non-hydrogen) atoms. The van der Waals surface area contributed by atoms with Crippen LogP contribution in [0, 0.1) is 23.2 Å². The van der Waals surface area contributed by atoms with Gasteiger partial charge in [-0.05, 0) is 99.0 Å². The molecule has 0 spiro atoms. The number of fused-ring (bicyclic) bond motifs is 1. The molecule has 4 saturated carbocycles. The molecule has 1 heterocycles. The van der Waals surface area contributed by atoms with Crippen LogP contribution in [-0.4, -0.2) is 24.3 Å². The van der Waals surface area contributed by atoms with Crippen LogP contribution in [0.4, 0.5) is 0 Å². The lowest BCUT2D eigenvalue weighted by atomic mass is 9.49. The Kier molecular flexibility index (Phi) is 5.80. The lowest BCUT2D eigenvalue weighted by Gasteiger charge is -2.56. The van der Waals surface area contributed by atoms with E-state index < -0.39 is 5.91 Å². The van der Waals surface area contributed by atoms with Crippen molar-refractivity contribution in [1.82, 2.24) is 16.2 Å². The van der Waals surface area contributed by atoms with Crippen molar-refractivity contribution in [2.45, 2.75) is 77.0 Å². The maximum atomic E-state index is 12.6. The molecular weight excluding hydrogens is 410 g/mol. The Labute approximate surface area is 187 Å². The lowest BCUT2D eigenvalue weighted by molar-refractivity contribution is -0.132. The van der Waals surface area contributed by atoms with Gasteiger partial charge in [-0.1, -0.05) is 6.42 Å². The Morgan fingerprint density at radius 2 is 1.58 bits per heavy atom. The molecule has 168 valence electrons. The van der Waals surface area contributed by atoms with E-state index in [0.717, 1.165) is 30.6 Å². The largest absolute Gasteiger partial charge is 0.347 e. The van der Waals surface area contributed by atoms with Gasteiger partial charge in [0, 0.05) is 11.3 Å². The molecule has 0 radical (unpaired) electrons. The summed E-state index contributed by atoms with van der Waals surface area (Å²) in [6, 6.07) is 1.96. The normalized spacial score (nSPS) is 30.9. The van der Waals surface area contributed by atoms with E-state index in [2.05, 4.69) is 16.2 Å². The van der Waals surface area contributed by atoms with Crippen LogP contribution in [-0.2, 0) is 22.4 Å². The first kappa shape index (κ1) is 21.0. The summed E-state index contributed by atoms with van der Waals surface area (Å²) >= 11 is 1.52. The van der Waals surface area contributed by atoms with Crippen molar-refractivity contribution in [2.75, 3.05) is 6.54 Å². The fourth-order valence-electron chi connectivity index (χ4n) is 7.10. The lowest BCUT2D eigenvalue weighted by Crippen LogP contribution is -2.49. The Balaban J connectivity index is 1.06. The van der Waals surface area contributed by atoms with Crippen LogP contribution >= 0.6 is 11.3 Å². The summed E-state index contributed by atoms with van der Waals surface area (Å²) in [6.45, 7) is -0.105. The van der Waals surface area contributed by atoms with E-state index in [1.165, 1.54) is 79.6 Å². The summed E-state index contributed by atoms with van der Waals surface area (Å²) in [5.74, 6) is 1.71. The predicted octanol–water partition coefficient (Wildman–Crippen LogP) is 3.50. The number of rotatable bonds is 5. The second-order valence-corrected chi connectivity index (χ2v) is 11.6. The van der Waals surface area contributed by atoms with Gasteiger partial charge < -0.3 is 5.32 Å². The number of thiophene rings is 1. The highest BCUT2D eigenvalue weighted by atomic mass is 32.1. The predicted molar refractivity (Wildman–Crippen MR) is 119 cm³/mol. The maximum absolute atomic E-state index is 12.6. The van der Waals surface area contributed by atoms with Gasteiger partial charge in [-0.25, -0.2) is 0 Å². The molecule has 0 aromatic carbocycles. The minimum absolute atomic E-state index is 0.0366. The number of hydrogen-bond donors (Lipinski definition) is 3. The Bertz CT molecular complexity index is 819. The summed E-state index contributed by atoms with van der Waals surface area (Å²) in [5.41, 5.74) is 6.38. The van der Waals surface area contributed by atoms with E-state index in [1.54, 1.807) is 0 Å². The van der Waals surface area contributed by atoms with Crippen LogP contribution in [0.5, 0.6) is 0 Å². The minimum Gasteiger partial charge on any atom is -0.347 e. The van der Waals surface area contributed by atoms with Crippen LogP contribution in [0.15, 0.2) is 6.07 Å². The summed E-state index contributed by atoms with van der Waals surface area (Å²) in [4.78, 5) is 39.0. The van der Waals surface area contributed by atoms with Gasteiger partial charge in [-0.2, -0.15) is 0 Å². The number of carbonyl (C=O) groups excluding carboxylic acids is 3. The average molecular weight is 444 g/mol. The highest BCUT2D eigenvalue weighted by Crippen LogP contribution is 2.61. The van der Waals surface area contributed by atoms with Crippen molar-refractivity contribution in [1.29, 1.82) is 0 Å². The molecule has 3 amide bonds. The van der Waals surface area contributed by atoms with Gasteiger partial charge in [0.25, 0.3) is 11.8 Å². The van der Waals surface area contributed by atoms with Crippen LogP contribution in [0.25, 0.3) is 0 Å². The Morgan fingerprint density at radius 3 is 2.29 bits per heavy atom. The summed E-state index contributed by atoms with van der Waals surface area (Å²) in [7, 11) is 0. The monoisotopic (exact) mass is 443 g/mol. The molecular formula is C24H33N3O3S. The number of nitrogens with one attached hydrogen (secondary N) is 3. The third-order valence-electron chi connectivity index (χ3n) is 7.93. The third-order valence-corrected chi connectivity index (χ3v) is 9.17. The second-order valence-electron chi connectivity index (χ2n) is 10.5. The van der Waals surface area contributed by atoms with Crippen LogP contribution in [0.3, 0.4) is 0 Å². The van der Waals surface area contributed by atoms with E-state index in [4.69, 9.17) is 0 Å². The van der Waals surface area contributed by atoms with Crippen molar-refractivity contribution in [3.63, 3.8) is 0 Å². The standard InChI is InChI=1S/C24H33N3O3S/c28-21(13-24-10-15-6-16(11-24)8-17(7-15)12-24)25-14-22(29)26-27-23(30)20-9-18-4-2-1-3-5-19(18)31-20/h9,15-17H,1-8,10-14H2,(H,25,28)(H,26,29)(H,27,30). The highest BCUT2D eigenvalue weighted by molar-refractivity contribution is 7.14. The van der Waals surface area contributed by atoms with Gasteiger partial charge in [0.2, 0.25) is 5.91 Å². The molecule has 1 aromatic rings. The number of hydrogen-bond acceptors (Lipinski definition) is 4. The molecule has 6 nitrogen and oxygen atoms in total. The van der Waals surface area contributed by atoms with Gasteiger partial charge in [0.05, 0.1) is 11.4 Å². The number of amides is 3. The third kappa shape index (κ3) is 4.66. The zero-order chi connectivity index (χ0) is 21.4. The minimum atomic E-state index is -0.398. The van der Waals surface area contributed by atoms with E-state index in [-0.39, 0.29) is 23.8 Å². The van der Waals surface area contributed by atoms with Crippen molar-refractivity contribution in [3.05, 3.63) is 21.4 Å². The zero-order valence-corrected chi connectivity index (χ0v) is 19.0. The first-order chi connectivity index (χ1) is 15.0. The molecule has 5 aliphatic rings. The van der Waals surface area contributed by atoms with Crippen LogP contribution < -0.4 is 16.2 Å². The van der Waals surface area contributed by atoms with E-state index >= 15 is 0 Å². The Morgan fingerprint density at radius 1 is 0.903 bits per heavy atom. The number of carbonyl (C=O) groups is 3. The average Bonchev–Trinajstić information content (AvgIpc) is 2.99. The fourth-order valence-corrected chi connectivity index (χ4v) is 8.25. The fraction of sp³-hybridized carbons (Fsp3) is 0.708. The molecule has 0 aliphatic heterocycles. The molecule has 6 rings (SSSR count). The van der Waals surface area contributed by atoms with Gasteiger partial charge in [-0.15, -0.1) is 11.3 Å². The van der Waals surface area contributed by atoms with Gasteiger partial charge in [0.15, 0.2) is 0 Å². The van der Waals surface area contributed by atoms with Crippen molar-refractivity contribution >= 4 is 29.1 Å².